The maximum Gasteiger partial charge on any atom is 0.0772 e. The van der Waals surface area contributed by atoms with Gasteiger partial charge in [0, 0.05) is 23.8 Å². The second kappa shape index (κ2) is 6.41. The lowest BCUT2D eigenvalue weighted by atomic mass is 10.1. The Kier molecular flexibility index (Phi) is 5.47. The second-order valence-corrected chi connectivity index (χ2v) is 5.63. The van der Waals surface area contributed by atoms with Gasteiger partial charge in [-0.15, -0.1) is 0 Å². The monoisotopic (exact) mass is 299 g/mol. The molecule has 0 saturated carbocycles. The van der Waals surface area contributed by atoms with Crippen LogP contribution < -0.4 is 4.90 Å². The summed E-state index contributed by atoms with van der Waals surface area (Å²) in [4.78, 5) is 2.25. The van der Waals surface area contributed by atoms with Gasteiger partial charge in [-0.3, -0.25) is 0 Å². The van der Waals surface area contributed by atoms with Crippen LogP contribution in [-0.4, -0.2) is 18.7 Å². The van der Waals surface area contributed by atoms with Crippen LogP contribution in [0, 0.1) is 5.92 Å². The summed E-state index contributed by atoms with van der Waals surface area (Å²) in [6.07, 6.45) is 0.760. The molecule has 0 saturated heterocycles. The number of aliphatic hydroxyl groups is 1. The number of hydrogen-bond acceptors (Lipinski definition) is 2. The van der Waals surface area contributed by atoms with E-state index in [0.717, 1.165) is 16.6 Å². The van der Waals surface area contributed by atoms with Gasteiger partial charge < -0.3 is 10.0 Å². The summed E-state index contributed by atoms with van der Waals surface area (Å²) in [6.45, 7) is 7.31. The van der Waals surface area contributed by atoms with Gasteiger partial charge in [0.1, 0.15) is 0 Å². The third kappa shape index (κ3) is 4.00. The molecule has 96 valence electrons. The highest BCUT2D eigenvalue weighted by molar-refractivity contribution is 9.10. The van der Waals surface area contributed by atoms with Crippen LogP contribution in [0.1, 0.15) is 38.9 Å². The molecule has 1 aromatic rings. The van der Waals surface area contributed by atoms with Crippen molar-refractivity contribution in [1.82, 2.24) is 0 Å². The van der Waals surface area contributed by atoms with Gasteiger partial charge in [-0.2, -0.15) is 0 Å². The summed E-state index contributed by atoms with van der Waals surface area (Å²) < 4.78 is 0.973. The van der Waals surface area contributed by atoms with Gasteiger partial charge in [-0.25, -0.2) is 0 Å². The number of nitrogens with zero attached hydrogens (tertiary/aromatic N) is 1. The molecule has 0 fully saturated rings. The molecule has 0 heterocycles. The Balaban J connectivity index is 2.82. The third-order valence-electron chi connectivity index (χ3n) is 3.16. The molecule has 0 aromatic heterocycles. The van der Waals surface area contributed by atoms with Crippen molar-refractivity contribution < 1.29 is 5.11 Å². The van der Waals surface area contributed by atoms with E-state index < -0.39 is 6.10 Å². The molecule has 0 radical (unpaired) electrons. The topological polar surface area (TPSA) is 23.5 Å². The van der Waals surface area contributed by atoms with E-state index >= 15 is 0 Å². The predicted molar refractivity (Wildman–Crippen MR) is 77.5 cm³/mol. The Morgan fingerprint density at radius 2 is 2.00 bits per heavy atom. The molecule has 2 atom stereocenters. The molecular formula is C14H22BrNO. The minimum Gasteiger partial charge on any atom is -0.389 e. The summed E-state index contributed by atoms with van der Waals surface area (Å²) in [5, 5.41) is 9.57. The van der Waals surface area contributed by atoms with Crippen molar-refractivity contribution in [2.75, 3.05) is 18.5 Å². The molecule has 17 heavy (non-hydrogen) atoms. The fourth-order valence-corrected chi connectivity index (χ4v) is 2.49. The summed E-state index contributed by atoms with van der Waals surface area (Å²) in [5.41, 5.74) is 2.12. The van der Waals surface area contributed by atoms with Crippen LogP contribution in [-0.2, 0) is 0 Å². The van der Waals surface area contributed by atoms with E-state index in [9.17, 15) is 5.11 Å². The molecular weight excluding hydrogens is 278 g/mol. The van der Waals surface area contributed by atoms with Crippen molar-refractivity contribution in [2.45, 2.75) is 33.3 Å². The molecule has 0 aliphatic heterocycles. The van der Waals surface area contributed by atoms with E-state index in [1.165, 1.54) is 12.1 Å². The first-order valence-electron chi connectivity index (χ1n) is 6.14. The van der Waals surface area contributed by atoms with Gasteiger partial charge in [0.15, 0.2) is 0 Å². The van der Waals surface area contributed by atoms with Crippen LogP contribution in [0.5, 0.6) is 0 Å². The first-order chi connectivity index (χ1) is 7.95. The SMILES string of the molecule is CCC(C)CN(C)c1ccc([C@H](C)O)c(Br)c1. The Morgan fingerprint density at radius 3 is 2.47 bits per heavy atom. The van der Waals surface area contributed by atoms with Gasteiger partial charge >= 0.3 is 0 Å². The van der Waals surface area contributed by atoms with Crippen LogP contribution >= 0.6 is 15.9 Å². The standard InChI is InChI=1S/C14H22BrNO/c1-5-10(2)9-16(4)12-6-7-13(11(3)17)14(15)8-12/h6-8,10-11,17H,5,9H2,1-4H3/t10?,11-/m0/s1. The maximum atomic E-state index is 9.57. The maximum absolute atomic E-state index is 9.57. The lowest BCUT2D eigenvalue weighted by Gasteiger charge is -2.23. The number of aliphatic hydroxyl groups excluding tert-OH is 1. The van der Waals surface area contributed by atoms with Crippen LogP contribution in [0.3, 0.4) is 0 Å². The minimum absolute atomic E-state index is 0.432. The Bertz CT molecular complexity index is 365. The van der Waals surface area contributed by atoms with E-state index in [-0.39, 0.29) is 0 Å². The van der Waals surface area contributed by atoms with E-state index in [4.69, 9.17) is 0 Å². The second-order valence-electron chi connectivity index (χ2n) is 4.78. The molecule has 0 aliphatic rings. The summed E-state index contributed by atoms with van der Waals surface area (Å²) in [5.74, 6) is 0.690. The lowest BCUT2D eigenvalue weighted by Crippen LogP contribution is -2.23. The van der Waals surface area contributed by atoms with Crippen molar-refractivity contribution >= 4 is 21.6 Å². The Morgan fingerprint density at radius 1 is 1.35 bits per heavy atom. The number of benzene rings is 1. The molecule has 0 aliphatic carbocycles. The highest BCUT2D eigenvalue weighted by Gasteiger charge is 2.10. The molecule has 0 spiro atoms. The largest absolute Gasteiger partial charge is 0.389 e. The molecule has 1 unspecified atom stereocenters. The van der Waals surface area contributed by atoms with Crippen molar-refractivity contribution in [3.8, 4) is 0 Å². The van der Waals surface area contributed by atoms with Crippen LogP contribution in [0.4, 0.5) is 5.69 Å². The van der Waals surface area contributed by atoms with Crippen molar-refractivity contribution in [3.05, 3.63) is 28.2 Å². The van der Waals surface area contributed by atoms with Gasteiger partial charge in [0.05, 0.1) is 6.10 Å². The minimum atomic E-state index is -0.432. The molecule has 2 nitrogen and oxygen atoms in total. The van der Waals surface area contributed by atoms with E-state index in [1.54, 1.807) is 6.92 Å². The van der Waals surface area contributed by atoms with E-state index in [1.807, 2.05) is 6.07 Å². The molecule has 0 bridgehead atoms. The van der Waals surface area contributed by atoms with Gasteiger partial charge in [-0.05, 0) is 30.5 Å². The molecule has 3 heteroatoms. The van der Waals surface area contributed by atoms with Crippen LogP contribution in [0.15, 0.2) is 22.7 Å². The quantitative estimate of drug-likeness (QED) is 0.889. The predicted octanol–water partition coefficient (Wildman–Crippen LogP) is 3.98. The number of halogens is 1. The molecule has 1 aromatic carbocycles. The zero-order valence-corrected chi connectivity index (χ0v) is 12.7. The first kappa shape index (κ1) is 14.5. The van der Waals surface area contributed by atoms with Gasteiger partial charge in [0.2, 0.25) is 0 Å². The first-order valence-corrected chi connectivity index (χ1v) is 6.93. The lowest BCUT2D eigenvalue weighted by molar-refractivity contribution is 0.198. The van der Waals surface area contributed by atoms with Crippen molar-refractivity contribution in [2.24, 2.45) is 5.92 Å². The smallest absolute Gasteiger partial charge is 0.0772 e. The fraction of sp³-hybridized carbons (Fsp3) is 0.571. The number of anilines is 1. The van der Waals surface area contributed by atoms with E-state index in [0.29, 0.717) is 5.92 Å². The van der Waals surface area contributed by atoms with Crippen molar-refractivity contribution in [3.63, 3.8) is 0 Å². The van der Waals surface area contributed by atoms with Crippen LogP contribution in [0.25, 0.3) is 0 Å². The highest BCUT2D eigenvalue weighted by atomic mass is 79.9. The summed E-state index contributed by atoms with van der Waals surface area (Å²) in [7, 11) is 2.11. The van der Waals surface area contributed by atoms with Crippen LogP contribution in [0.2, 0.25) is 0 Å². The summed E-state index contributed by atoms with van der Waals surface area (Å²) >= 11 is 3.51. The number of rotatable bonds is 5. The third-order valence-corrected chi connectivity index (χ3v) is 3.84. The zero-order valence-electron chi connectivity index (χ0n) is 11.1. The van der Waals surface area contributed by atoms with E-state index in [2.05, 4.69) is 53.9 Å². The number of hydrogen-bond donors (Lipinski definition) is 1. The molecule has 0 amide bonds. The molecule has 1 rings (SSSR count). The fourth-order valence-electron chi connectivity index (χ4n) is 1.79. The van der Waals surface area contributed by atoms with Crippen molar-refractivity contribution in [1.29, 1.82) is 0 Å². The molecule has 1 N–H and O–H groups in total. The Hall–Kier alpha value is -0.540. The average Bonchev–Trinajstić information content (AvgIpc) is 2.28. The zero-order chi connectivity index (χ0) is 13.0. The summed E-state index contributed by atoms with van der Waals surface area (Å²) in [6, 6.07) is 6.12. The van der Waals surface area contributed by atoms with Gasteiger partial charge in [-0.1, -0.05) is 42.3 Å². The van der Waals surface area contributed by atoms with Gasteiger partial charge in [0.25, 0.3) is 0 Å². The Labute approximate surface area is 113 Å². The average molecular weight is 300 g/mol. The highest BCUT2D eigenvalue weighted by Crippen LogP contribution is 2.28. The normalized spacial score (nSPS) is 14.5.